The van der Waals surface area contributed by atoms with Gasteiger partial charge < -0.3 is 25.3 Å². The van der Waals surface area contributed by atoms with Crippen LogP contribution in [0.1, 0.15) is 29.2 Å². The summed E-state index contributed by atoms with van der Waals surface area (Å²) in [6.07, 6.45) is 2.99. The number of ether oxygens (including phenoxy) is 1. The maximum absolute atomic E-state index is 12.0. The fourth-order valence-corrected chi connectivity index (χ4v) is 3.67. The van der Waals surface area contributed by atoms with Crippen LogP contribution in [0.3, 0.4) is 0 Å². The molecule has 0 radical (unpaired) electrons. The number of nitrogens with one attached hydrogen (secondary N) is 2. The fraction of sp³-hybridized carbons (Fsp3) is 0.273. The first-order valence-electron chi connectivity index (χ1n) is 9.56. The van der Waals surface area contributed by atoms with Gasteiger partial charge in [0.1, 0.15) is 29.4 Å². The van der Waals surface area contributed by atoms with Crippen molar-refractivity contribution in [3.63, 3.8) is 0 Å². The van der Waals surface area contributed by atoms with Gasteiger partial charge in [-0.3, -0.25) is 10.2 Å². The Morgan fingerprint density at radius 3 is 2.76 bits per heavy atom. The molecule has 1 aliphatic rings. The summed E-state index contributed by atoms with van der Waals surface area (Å²) in [7, 11) is 0. The minimum atomic E-state index is -0.950. The average molecular weight is 393 g/mol. The van der Waals surface area contributed by atoms with Crippen LogP contribution in [0.25, 0.3) is 10.8 Å². The van der Waals surface area contributed by atoms with Crippen LogP contribution in [0.4, 0.5) is 0 Å². The molecule has 0 bridgehead atoms. The highest BCUT2D eigenvalue weighted by molar-refractivity contribution is 6.00. The van der Waals surface area contributed by atoms with Crippen LogP contribution >= 0.6 is 0 Å². The van der Waals surface area contributed by atoms with Crippen LogP contribution in [-0.4, -0.2) is 36.1 Å². The number of nitrogens with two attached hydrogens (primary N) is 1. The molecule has 1 aromatic heterocycles. The highest BCUT2D eigenvalue weighted by atomic mass is 16.5. The number of hydrogen-bond acceptors (Lipinski definition) is 5. The largest absolute Gasteiger partial charge is 0.489 e. The molecule has 150 valence electrons. The molecule has 0 spiro atoms. The molecule has 5 N–H and O–H groups in total. The van der Waals surface area contributed by atoms with Crippen molar-refractivity contribution in [2.24, 2.45) is 5.73 Å². The lowest BCUT2D eigenvalue weighted by Crippen LogP contribution is -2.19. The lowest BCUT2D eigenvalue weighted by atomic mass is 9.94. The van der Waals surface area contributed by atoms with Crippen molar-refractivity contribution in [2.45, 2.75) is 24.9 Å². The van der Waals surface area contributed by atoms with E-state index < -0.39 is 11.9 Å². The Morgan fingerprint density at radius 1 is 1.31 bits per heavy atom. The minimum Gasteiger partial charge on any atom is -0.489 e. The molecular formula is C22H23N3O4. The van der Waals surface area contributed by atoms with Crippen molar-refractivity contribution < 1.29 is 19.1 Å². The fourth-order valence-electron chi connectivity index (χ4n) is 3.67. The predicted molar refractivity (Wildman–Crippen MR) is 110 cm³/mol. The van der Waals surface area contributed by atoms with Crippen molar-refractivity contribution in [3.8, 4) is 5.75 Å². The first-order chi connectivity index (χ1) is 14.0. The molecule has 3 aromatic rings. The second-order valence-corrected chi connectivity index (χ2v) is 7.29. The van der Waals surface area contributed by atoms with Gasteiger partial charge in [0.05, 0.1) is 6.26 Å². The molecule has 4 rings (SSSR count). The Kier molecular flexibility index (Phi) is 5.22. The number of carbonyl (C=O) groups is 1. The summed E-state index contributed by atoms with van der Waals surface area (Å²) in [5.74, 6) is -0.620. The summed E-state index contributed by atoms with van der Waals surface area (Å²) in [5.41, 5.74) is 6.99. The lowest BCUT2D eigenvalue weighted by Gasteiger charge is -2.14. The van der Waals surface area contributed by atoms with Crippen molar-refractivity contribution in [2.75, 3.05) is 13.1 Å². The standard InChI is InChI=1S/C22H23N3O4/c23-21(24)14-3-6-18-15(10-14)12-28-20(18)19(22(26)27)9-13-1-4-16(5-2-13)29-17-7-8-25-11-17/h1-6,10,12,17,19,25H,7-9,11H2,(H3,23,24)(H,26,27)/t17-,19?/m0/s1. The first kappa shape index (κ1) is 19.0. The van der Waals surface area contributed by atoms with E-state index >= 15 is 0 Å². The van der Waals surface area contributed by atoms with Crippen LogP contribution in [0, 0.1) is 5.41 Å². The van der Waals surface area contributed by atoms with Gasteiger partial charge in [-0.05, 0) is 43.1 Å². The number of nitrogen functional groups attached to an aromatic ring is 1. The number of fused-ring (bicyclic) bond motifs is 1. The van der Waals surface area contributed by atoms with E-state index in [-0.39, 0.29) is 11.9 Å². The third kappa shape index (κ3) is 4.09. The molecule has 7 nitrogen and oxygen atoms in total. The molecule has 2 atom stereocenters. The number of carboxylic acid groups (broad SMARTS) is 1. The van der Waals surface area contributed by atoms with E-state index in [1.54, 1.807) is 18.2 Å². The number of carboxylic acids is 1. The Morgan fingerprint density at radius 2 is 2.10 bits per heavy atom. The second kappa shape index (κ2) is 7.97. The number of hydrogen-bond donors (Lipinski definition) is 4. The van der Waals surface area contributed by atoms with Crippen LogP contribution in [0.15, 0.2) is 53.1 Å². The van der Waals surface area contributed by atoms with Gasteiger partial charge in [0.25, 0.3) is 0 Å². The maximum atomic E-state index is 12.0. The molecule has 0 saturated carbocycles. The van der Waals surface area contributed by atoms with Gasteiger partial charge in [-0.1, -0.05) is 24.3 Å². The van der Waals surface area contributed by atoms with Gasteiger partial charge in [0, 0.05) is 22.9 Å². The first-order valence-corrected chi connectivity index (χ1v) is 9.56. The predicted octanol–water partition coefficient (Wildman–Crippen LogP) is 2.87. The van der Waals surface area contributed by atoms with Gasteiger partial charge in [-0.15, -0.1) is 0 Å². The highest BCUT2D eigenvalue weighted by Gasteiger charge is 2.26. The van der Waals surface area contributed by atoms with E-state index in [4.69, 9.17) is 20.3 Å². The van der Waals surface area contributed by atoms with E-state index in [9.17, 15) is 9.90 Å². The van der Waals surface area contributed by atoms with Gasteiger partial charge in [-0.2, -0.15) is 0 Å². The van der Waals surface area contributed by atoms with Crippen molar-refractivity contribution in [3.05, 3.63) is 65.6 Å². The van der Waals surface area contributed by atoms with E-state index in [2.05, 4.69) is 5.32 Å². The van der Waals surface area contributed by atoms with Crippen molar-refractivity contribution >= 4 is 22.6 Å². The van der Waals surface area contributed by atoms with E-state index in [0.717, 1.165) is 41.6 Å². The zero-order valence-electron chi connectivity index (χ0n) is 15.9. The van der Waals surface area contributed by atoms with Gasteiger partial charge in [-0.25, -0.2) is 0 Å². The molecule has 2 heterocycles. The second-order valence-electron chi connectivity index (χ2n) is 7.29. The van der Waals surface area contributed by atoms with Crippen LogP contribution in [0.5, 0.6) is 5.75 Å². The third-order valence-corrected chi connectivity index (χ3v) is 5.24. The van der Waals surface area contributed by atoms with Crippen molar-refractivity contribution in [1.29, 1.82) is 5.41 Å². The summed E-state index contributed by atoms with van der Waals surface area (Å²) in [6, 6.07) is 12.7. The van der Waals surface area contributed by atoms with Crippen molar-refractivity contribution in [1.82, 2.24) is 5.32 Å². The lowest BCUT2D eigenvalue weighted by molar-refractivity contribution is -0.139. The number of rotatable bonds is 7. The summed E-state index contributed by atoms with van der Waals surface area (Å²) in [6.45, 7) is 1.81. The molecule has 29 heavy (non-hydrogen) atoms. The molecule has 0 amide bonds. The Balaban J connectivity index is 1.54. The normalized spacial score (nSPS) is 17.3. The van der Waals surface area contributed by atoms with E-state index in [1.165, 1.54) is 6.26 Å². The molecule has 0 aliphatic carbocycles. The summed E-state index contributed by atoms with van der Waals surface area (Å²) < 4.78 is 11.6. The molecule has 2 aromatic carbocycles. The maximum Gasteiger partial charge on any atom is 0.314 e. The molecule has 1 fully saturated rings. The van der Waals surface area contributed by atoms with Gasteiger partial charge in [0.2, 0.25) is 0 Å². The zero-order chi connectivity index (χ0) is 20.4. The van der Waals surface area contributed by atoms with E-state index in [1.807, 2.05) is 24.3 Å². The SMILES string of the molecule is N=C(N)c1ccc2c(C(Cc3ccc(O[C@H]4CCNC4)cc3)C(=O)O)occ2c1. The molecule has 7 heteroatoms. The quantitative estimate of drug-likeness (QED) is 0.362. The third-order valence-electron chi connectivity index (χ3n) is 5.24. The Bertz CT molecular complexity index is 1040. The minimum absolute atomic E-state index is 0.0415. The molecule has 1 unspecified atom stereocenters. The molecular weight excluding hydrogens is 370 g/mol. The van der Waals surface area contributed by atoms with Gasteiger partial charge >= 0.3 is 5.97 Å². The zero-order valence-corrected chi connectivity index (χ0v) is 15.9. The molecule has 1 saturated heterocycles. The topological polar surface area (TPSA) is 122 Å². The van der Waals surface area contributed by atoms with Gasteiger partial charge in [0.15, 0.2) is 0 Å². The summed E-state index contributed by atoms with van der Waals surface area (Å²) in [4.78, 5) is 12.0. The Labute approximate surface area is 168 Å². The number of benzene rings is 2. The molecule has 1 aliphatic heterocycles. The van der Waals surface area contributed by atoms with E-state index in [0.29, 0.717) is 17.7 Å². The van der Waals surface area contributed by atoms with Crippen LogP contribution < -0.4 is 15.8 Å². The monoisotopic (exact) mass is 393 g/mol. The number of furan rings is 1. The Hall–Kier alpha value is -3.32. The van der Waals surface area contributed by atoms with Crippen LogP contribution in [-0.2, 0) is 11.2 Å². The average Bonchev–Trinajstić information content (AvgIpc) is 3.36. The highest BCUT2D eigenvalue weighted by Crippen LogP contribution is 2.31. The van der Waals surface area contributed by atoms with Crippen LogP contribution in [0.2, 0.25) is 0 Å². The number of amidine groups is 1. The summed E-state index contributed by atoms with van der Waals surface area (Å²) >= 11 is 0. The smallest absolute Gasteiger partial charge is 0.314 e. The summed E-state index contributed by atoms with van der Waals surface area (Å²) in [5, 5.41) is 22.1. The number of aliphatic carboxylic acids is 1.